The quantitative estimate of drug-likeness (QED) is 0.779. The highest BCUT2D eigenvalue weighted by atomic mass is 32.2. The second-order valence-corrected chi connectivity index (χ2v) is 6.19. The van der Waals surface area contributed by atoms with Crippen LogP contribution < -0.4 is 0 Å². The second kappa shape index (κ2) is 4.73. The topological polar surface area (TPSA) is 22.1 Å². The highest BCUT2D eigenvalue weighted by Crippen LogP contribution is 2.31. The predicted octanol–water partition coefficient (Wildman–Crippen LogP) is 3.57. The zero-order valence-corrected chi connectivity index (χ0v) is 10.5. The largest absolute Gasteiger partial charge is 0.377 e. The van der Waals surface area contributed by atoms with Gasteiger partial charge in [0.2, 0.25) is 0 Å². The molecule has 1 aromatic carbocycles. The third-order valence-corrected chi connectivity index (χ3v) is 5.00. The first kappa shape index (κ1) is 10.6. The maximum absolute atomic E-state index is 5.60. The number of hydrogen-bond acceptors (Lipinski definition) is 4. The van der Waals surface area contributed by atoms with Gasteiger partial charge in [-0.2, -0.15) is 0 Å². The van der Waals surface area contributed by atoms with E-state index in [4.69, 9.17) is 4.74 Å². The molecule has 1 aliphatic rings. The fraction of sp³-hybridized carbons (Fsp3) is 0.417. The van der Waals surface area contributed by atoms with E-state index >= 15 is 0 Å². The Kier molecular flexibility index (Phi) is 3.13. The predicted molar refractivity (Wildman–Crippen MR) is 69.3 cm³/mol. The molecule has 1 saturated heterocycles. The molecule has 1 fully saturated rings. The smallest absolute Gasteiger partial charge is 0.151 e. The molecule has 2 heterocycles. The number of aromatic nitrogens is 1. The van der Waals surface area contributed by atoms with E-state index in [-0.39, 0.29) is 0 Å². The summed E-state index contributed by atoms with van der Waals surface area (Å²) in [6.45, 7) is 0.936. The zero-order chi connectivity index (χ0) is 10.8. The zero-order valence-electron chi connectivity index (χ0n) is 8.89. The molecule has 2 aromatic rings. The number of ether oxygens (including phenoxy) is 1. The van der Waals surface area contributed by atoms with Gasteiger partial charge in [0, 0.05) is 12.4 Å². The second-order valence-electron chi connectivity index (χ2n) is 3.89. The number of thiazole rings is 1. The minimum atomic E-state index is 0.442. The van der Waals surface area contributed by atoms with Crippen LogP contribution in [0.1, 0.15) is 12.8 Å². The van der Waals surface area contributed by atoms with Crippen LogP contribution in [-0.2, 0) is 4.74 Å². The van der Waals surface area contributed by atoms with E-state index in [2.05, 4.69) is 23.2 Å². The molecule has 0 bridgehead atoms. The van der Waals surface area contributed by atoms with Crippen molar-refractivity contribution in [1.82, 2.24) is 4.98 Å². The SMILES string of the molecule is c1ccc2sc(SC[C@@H]3CCCO3)nc2c1. The van der Waals surface area contributed by atoms with E-state index in [1.165, 1.54) is 17.5 Å². The average molecular weight is 251 g/mol. The fourth-order valence-electron chi connectivity index (χ4n) is 1.85. The number of fused-ring (bicyclic) bond motifs is 1. The Morgan fingerprint density at radius 1 is 1.44 bits per heavy atom. The molecular weight excluding hydrogens is 238 g/mol. The fourth-order valence-corrected chi connectivity index (χ4v) is 4.01. The van der Waals surface area contributed by atoms with Gasteiger partial charge in [-0.15, -0.1) is 11.3 Å². The molecule has 2 nitrogen and oxygen atoms in total. The van der Waals surface area contributed by atoms with Gasteiger partial charge in [0.1, 0.15) is 0 Å². The standard InChI is InChI=1S/C12H13NOS2/c1-2-6-11-10(5-1)13-12(16-11)15-8-9-4-3-7-14-9/h1-2,5-6,9H,3-4,7-8H2/t9-/m0/s1. The van der Waals surface area contributed by atoms with Crippen molar-refractivity contribution in [2.45, 2.75) is 23.3 Å². The monoisotopic (exact) mass is 251 g/mol. The van der Waals surface area contributed by atoms with Gasteiger partial charge >= 0.3 is 0 Å². The van der Waals surface area contributed by atoms with Crippen LogP contribution in [0.15, 0.2) is 28.6 Å². The first-order chi connectivity index (χ1) is 7.92. The number of para-hydroxylation sites is 1. The van der Waals surface area contributed by atoms with Gasteiger partial charge in [-0.3, -0.25) is 0 Å². The molecule has 0 spiro atoms. The summed E-state index contributed by atoms with van der Waals surface area (Å²) in [7, 11) is 0. The summed E-state index contributed by atoms with van der Waals surface area (Å²) < 4.78 is 8.04. The number of nitrogens with zero attached hydrogens (tertiary/aromatic N) is 1. The van der Waals surface area contributed by atoms with Gasteiger partial charge in [-0.25, -0.2) is 4.98 Å². The van der Waals surface area contributed by atoms with E-state index < -0.39 is 0 Å². The van der Waals surface area contributed by atoms with Crippen LogP contribution in [0.5, 0.6) is 0 Å². The summed E-state index contributed by atoms with van der Waals surface area (Å²) in [6, 6.07) is 8.30. The molecule has 16 heavy (non-hydrogen) atoms. The summed E-state index contributed by atoms with van der Waals surface area (Å²) in [5, 5.41) is 0. The molecule has 1 atom stereocenters. The van der Waals surface area contributed by atoms with Gasteiger partial charge in [0.15, 0.2) is 4.34 Å². The number of thioether (sulfide) groups is 1. The van der Waals surface area contributed by atoms with E-state index in [0.717, 1.165) is 22.2 Å². The van der Waals surface area contributed by atoms with Crippen LogP contribution in [0.3, 0.4) is 0 Å². The average Bonchev–Trinajstić information content (AvgIpc) is 2.95. The number of benzene rings is 1. The molecule has 0 aliphatic carbocycles. The normalized spacial score (nSPS) is 20.6. The molecule has 84 valence electrons. The summed E-state index contributed by atoms with van der Waals surface area (Å²) in [6.07, 6.45) is 2.86. The lowest BCUT2D eigenvalue weighted by Gasteiger charge is -2.05. The third-order valence-electron chi connectivity index (χ3n) is 2.69. The van der Waals surface area contributed by atoms with E-state index in [1.54, 1.807) is 11.3 Å². The van der Waals surface area contributed by atoms with Gasteiger partial charge in [0.25, 0.3) is 0 Å². The van der Waals surface area contributed by atoms with Crippen molar-refractivity contribution in [3.8, 4) is 0 Å². The van der Waals surface area contributed by atoms with Crippen molar-refractivity contribution in [2.24, 2.45) is 0 Å². The van der Waals surface area contributed by atoms with Crippen molar-refractivity contribution in [3.63, 3.8) is 0 Å². The minimum absolute atomic E-state index is 0.442. The summed E-state index contributed by atoms with van der Waals surface area (Å²) in [5.74, 6) is 1.04. The lowest BCUT2D eigenvalue weighted by molar-refractivity contribution is 0.129. The van der Waals surface area contributed by atoms with Gasteiger partial charge in [-0.05, 0) is 25.0 Å². The highest BCUT2D eigenvalue weighted by molar-refractivity contribution is 8.01. The summed E-state index contributed by atoms with van der Waals surface area (Å²) in [5.41, 5.74) is 1.11. The molecule has 1 aromatic heterocycles. The molecule has 0 radical (unpaired) electrons. The molecular formula is C12H13NOS2. The van der Waals surface area contributed by atoms with E-state index in [1.807, 2.05) is 17.8 Å². The first-order valence-corrected chi connectivity index (χ1v) is 7.32. The van der Waals surface area contributed by atoms with Gasteiger partial charge < -0.3 is 4.74 Å². The Labute approximate surface area is 103 Å². The van der Waals surface area contributed by atoms with Crippen LogP contribution in [0.25, 0.3) is 10.2 Å². The Morgan fingerprint density at radius 3 is 3.19 bits per heavy atom. The van der Waals surface area contributed by atoms with Crippen LogP contribution in [-0.4, -0.2) is 23.4 Å². The molecule has 0 N–H and O–H groups in total. The van der Waals surface area contributed by atoms with Crippen molar-refractivity contribution in [2.75, 3.05) is 12.4 Å². The van der Waals surface area contributed by atoms with Crippen molar-refractivity contribution in [3.05, 3.63) is 24.3 Å². The van der Waals surface area contributed by atoms with Gasteiger partial charge in [0.05, 0.1) is 16.3 Å². The lowest BCUT2D eigenvalue weighted by Crippen LogP contribution is -2.07. The first-order valence-electron chi connectivity index (χ1n) is 5.52. The Bertz CT molecular complexity index is 444. The van der Waals surface area contributed by atoms with Crippen LogP contribution >= 0.6 is 23.1 Å². The maximum Gasteiger partial charge on any atom is 0.151 e. The Hall–Kier alpha value is -0.580. The maximum atomic E-state index is 5.60. The molecule has 1 aliphatic heterocycles. The van der Waals surface area contributed by atoms with E-state index in [0.29, 0.717) is 6.10 Å². The van der Waals surface area contributed by atoms with Gasteiger partial charge in [-0.1, -0.05) is 23.9 Å². The highest BCUT2D eigenvalue weighted by Gasteiger charge is 2.16. The lowest BCUT2D eigenvalue weighted by atomic mass is 10.3. The summed E-state index contributed by atoms with van der Waals surface area (Å²) >= 11 is 3.60. The minimum Gasteiger partial charge on any atom is -0.377 e. The van der Waals surface area contributed by atoms with Crippen LogP contribution in [0, 0.1) is 0 Å². The molecule has 0 saturated carbocycles. The van der Waals surface area contributed by atoms with Crippen molar-refractivity contribution >= 4 is 33.3 Å². The molecule has 0 amide bonds. The number of hydrogen-bond donors (Lipinski definition) is 0. The van der Waals surface area contributed by atoms with E-state index in [9.17, 15) is 0 Å². The Morgan fingerprint density at radius 2 is 2.38 bits per heavy atom. The van der Waals surface area contributed by atoms with Crippen molar-refractivity contribution < 1.29 is 4.74 Å². The summed E-state index contributed by atoms with van der Waals surface area (Å²) in [4.78, 5) is 4.60. The number of rotatable bonds is 3. The van der Waals surface area contributed by atoms with Crippen LogP contribution in [0.2, 0.25) is 0 Å². The molecule has 4 heteroatoms. The molecule has 3 rings (SSSR count). The Balaban J connectivity index is 1.69. The molecule has 0 unspecified atom stereocenters. The van der Waals surface area contributed by atoms with Crippen LogP contribution in [0.4, 0.5) is 0 Å². The van der Waals surface area contributed by atoms with Crippen molar-refractivity contribution in [1.29, 1.82) is 0 Å². The third kappa shape index (κ3) is 2.24.